The lowest BCUT2D eigenvalue weighted by Gasteiger charge is -2.20. The van der Waals surface area contributed by atoms with Gasteiger partial charge in [-0.05, 0) is 25.7 Å². The van der Waals surface area contributed by atoms with Crippen molar-refractivity contribution in [1.82, 2.24) is 14.1 Å². The Balaban J connectivity index is 1.97. The molecule has 0 radical (unpaired) electrons. The van der Waals surface area contributed by atoms with Gasteiger partial charge in [-0.3, -0.25) is 4.68 Å². The lowest BCUT2D eigenvalue weighted by Crippen LogP contribution is -2.34. The number of aryl methyl sites for hydroxylation is 1. The van der Waals surface area contributed by atoms with Crippen molar-refractivity contribution in [2.24, 2.45) is 7.05 Å². The van der Waals surface area contributed by atoms with Gasteiger partial charge in [-0.1, -0.05) is 0 Å². The molecule has 1 aromatic heterocycles. The molecule has 1 fully saturated rings. The molecule has 1 aromatic rings. The lowest BCUT2D eigenvalue weighted by atomic mass is 10.1. The number of fused-ring (bicyclic) bond motifs is 1. The van der Waals surface area contributed by atoms with E-state index < -0.39 is 10.0 Å². The molecular weight excluding hydrogens is 264 g/mol. The molecule has 3 rings (SSSR count). The fourth-order valence-corrected chi connectivity index (χ4v) is 4.46. The Morgan fingerprint density at radius 1 is 1.42 bits per heavy atom. The summed E-state index contributed by atoms with van der Waals surface area (Å²) in [5.74, 6) is 0. The first kappa shape index (κ1) is 12.6. The second kappa shape index (κ2) is 4.32. The summed E-state index contributed by atoms with van der Waals surface area (Å²) in [6.45, 7) is 0.887. The molecule has 7 heteroatoms. The van der Waals surface area contributed by atoms with E-state index in [4.69, 9.17) is 5.26 Å². The van der Waals surface area contributed by atoms with Crippen molar-refractivity contribution in [2.45, 2.75) is 37.5 Å². The van der Waals surface area contributed by atoms with Crippen LogP contribution >= 0.6 is 0 Å². The van der Waals surface area contributed by atoms with Crippen LogP contribution < -0.4 is 0 Å². The summed E-state index contributed by atoms with van der Waals surface area (Å²) in [5.41, 5.74) is 2.21. The van der Waals surface area contributed by atoms with E-state index in [2.05, 4.69) is 11.2 Å². The van der Waals surface area contributed by atoms with Gasteiger partial charge in [0.05, 0.1) is 17.5 Å². The van der Waals surface area contributed by atoms with Crippen LogP contribution in [0.3, 0.4) is 0 Å². The van der Waals surface area contributed by atoms with Crippen LogP contribution in [0.4, 0.5) is 0 Å². The summed E-state index contributed by atoms with van der Waals surface area (Å²) in [7, 11) is -1.39. The van der Waals surface area contributed by atoms with E-state index in [0.717, 1.165) is 36.9 Å². The van der Waals surface area contributed by atoms with Gasteiger partial charge in [0.25, 0.3) is 0 Å². The van der Waals surface area contributed by atoms with E-state index in [1.807, 2.05) is 0 Å². The largest absolute Gasteiger partial charge is 0.270 e. The third-order valence-electron chi connectivity index (χ3n) is 3.85. The standard InChI is InChI=1S/C12H16N4O2S/c1-15-12-8-16(19(17,18)9-4-5-9)6-2-3-10(12)11(7-13)14-15/h9H,2-6,8H2,1H3. The Morgan fingerprint density at radius 3 is 2.79 bits per heavy atom. The molecule has 19 heavy (non-hydrogen) atoms. The fraction of sp³-hybridized carbons (Fsp3) is 0.667. The van der Waals surface area contributed by atoms with Crippen LogP contribution in [0.5, 0.6) is 0 Å². The van der Waals surface area contributed by atoms with Crippen LogP contribution in [-0.2, 0) is 30.0 Å². The van der Waals surface area contributed by atoms with Crippen molar-refractivity contribution in [3.63, 3.8) is 0 Å². The molecule has 0 bridgehead atoms. The average Bonchev–Trinajstić information content (AvgIpc) is 3.18. The number of rotatable bonds is 2. The molecule has 1 aliphatic heterocycles. The van der Waals surface area contributed by atoms with Crippen LogP contribution in [0.15, 0.2) is 0 Å². The van der Waals surface area contributed by atoms with Gasteiger partial charge in [0, 0.05) is 19.2 Å². The maximum absolute atomic E-state index is 12.3. The number of nitrogens with zero attached hydrogens (tertiary/aromatic N) is 4. The van der Waals surface area contributed by atoms with Crippen LogP contribution in [0, 0.1) is 11.3 Å². The molecule has 0 aromatic carbocycles. The predicted molar refractivity (Wildman–Crippen MR) is 68.6 cm³/mol. The lowest BCUT2D eigenvalue weighted by molar-refractivity contribution is 0.399. The molecule has 0 unspecified atom stereocenters. The predicted octanol–water partition coefficient (Wildman–Crippen LogP) is 0.532. The van der Waals surface area contributed by atoms with Crippen molar-refractivity contribution in [2.75, 3.05) is 6.54 Å². The second-order valence-corrected chi connectivity index (χ2v) is 7.40. The van der Waals surface area contributed by atoms with Crippen LogP contribution in [0.2, 0.25) is 0 Å². The number of hydrogen-bond donors (Lipinski definition) is 0. The third-order valence-corrected chi connectivity index (χ3v) is 6.19. The third kappa shape index (κ3) is 2.05. The molecule has 102 valence electrons. The van der Waals surface area contributed by atoms with E-state index in [0.29, 0.717) is 18.8 Å². The van der Waals surface area contributed by atoms with Crippen LogP contribution in [0.25, 0.3) is 0 Å². The van der Waals surface area contributed by atoms with E-state index in [1.54, 1.807) is 16.0 Å². The summed E-state index contributed by atoms with van der Waals surface area (Å²) >= 11 is 0. The van der Waals surface area contributed by atoms with Crippen molar-refractivity contribution < 1.29 is 8.42 Å². The Hall–Kier alpha value is -1.39. The minimum atomic E-state index is -3.16. The molecule has 0 spiro atoms. The number of hydrogen-bond acceptors (Lipinski definition) is 4. The van der Waals surface area contributed by atoms with E-state index >= 15 is 0 Å². The molecule has 0 N–H and O–H groups in total. The maximum atomic E-state index is 12.3. The van der Waals surface area contributed by atoms with Gasteiger partial charge < -0.3 is 0 Å². The second-order valence-electron chi connectivity index (χ2n) is 5.19. The highest BCUT2D eigenvalue weighted by atomic mass is 32.2. The van der Waals surface area contributed by atoms with Crippen molar-refractivity contribution in [3.05, 3.63) is 17.0 Å². The van der Waals surface area contributed by atoms with Gasteiger partial charge in [0.1, 0.15) is 6.07 Å². The summed E-state index contributed by atoms with van der Waals surface area (Å²) < 4.78 is 27.9. The summed E-state index contributed by atoms with van der Waals surface area (Å²) in [4.78, 5) is 0. The van der Waals surface area contributed by atoms with E-state index in [-0.39, 0.29) is 5.25 Å². The Labute approximate surface area is 112 Å². The molecule has 1 saturated carbocycles. The van der Waals surface area contributed by atoms with Gasteiger partial charge in [-0.15, -0.1) is 0 Å². The molecule has 6 nitrogen and oxygen atoms in total. The zero-order chi connectivity index (χ0) is 13.6. The highest BCUT2D eigenvalue weighted by molar-refractivity contribution is 7.90. The quantitative estimate of drug-likeness (QED) is 0.791. The maximum Gasteiger partial charge on any atom is 0.217 e. The molecular formula is C12H16N4O2S. The van der Waals surface area contributed by atoms with Gasteiger partial charge >= 0.3 is 0 Å². The monoisotopic (exact) mass is 280 g/mol. The molecule has 0 amide bonds. The SMILES string of the molecule is Cn1nc(C#N)c2c1CN(S(=O)(=O)C1CC1)CCC2. The van der Waals surface area contributed by atoms with E-state index in [1.165, 1.54) is 0 Å². The number of aromatic nitrogens is 2. The summed E-state index contributed by atoms with van der Waals surface area (Å²) in [5, 5.41) is 13.0. The highest BCUT2D eigenvalue weighted by Gasteiger charge is 2.41. The van der Waals surface area contributed by atoms with Crippen LogP contribution in [0.1, 0.15) is 36.2 Å². The zero-order valence-electron chi connectivity index (χ0n) is 10.8. The Kier molecular flexibility index (Phi) is 2.87. The topological polar surface area (TPSA) is 79.0 Å². The Morgan fingerprint density at radius 2 is 2.16 bits per heavy atom. The summed E-state index contributed by atoms with van der Waals surface area (Å²) in [6, 6.07) is 2.09. The smallest absolute Gasteiger partial charge is 0.217 e. The van der Waals surface area contributed by atoms with Crippen molar-refractivity contribution in [3.8, 4) is 6.07 Å². The van der Waals surface area contributed by atoms with Crippen molar-refractivity contribution >= 4 is 10.0 Å². The Bertz CT molecular complexity index is 652. The molecule has 0 atom stereocenters. The van der Waals surface area contributed by atoms with E-state index in [9.17, 15) is 8.42 Å². The number of nitriles is 1. The van der Waals surface area contributed by atoms with Gasteiger partial charge in [-0.2, -0.15) is 14.7 Å². The first-order valence-electron chi connectivity index (χ1n) is 6.48. The molecule has 2 heterocycles. The molecule has 2 aliphatic rings. The highest BCUT2D eigenvalue weighted by Crippen LogP contribution is 2.33. The summed E-state index contributed by atoms with van der Waals surface area (Å²) in [6.07, 6.45) is 3.03. The zero-order valence-corrected chi connectivity index (χ0v) is 11.7. The van der Waals surface area contributed by atoms with Crippen molar-refractivity contribution in [1.29, 1.82) is 5.26 Å². The first-order chi connectivity index (χ1) is 9.04. The minimum Gasteiger partial charge on any atom is -0.270 e. The minimum absolute atomic E-state index is 0.183. The van der Waals surface area contributed by atoms with Gasteiger partial charge in [-0.25, -0.2) is 8.42 Å². The number of sulfonamides is 1. The fourth-order valence-electron chi connectivity index (χ4n) is 2.63. The van der Waals surface area contributed by atoms with Gasteiger partial charge in [0.2, 0.25) is 10.0 Å². The molecule has 1 aliphatic carbocycles. The normalized spacial score (nSPS) is 20.6. The van der Waals surface area contributed by atoms with Gasteiger partial charge in [0.15, 0.2) is 5.69 Å². The molecule has 0 saturated heterocycles. The van der Waals surface area contributed by atoms with Crippen LogP contribution in [-0.4, -0.2) is 34.3 Å². The average molecular weight is 280 g/mol. The first-order valence-corrected chi connectivity index (χ1v) is 7.98.